The van der Waals surface area contributed by atoms with Gasteiger partial charge in [-0.2, -0.15) is 4.98 Å². The molecule has 5 heteroatoms. The molecule has 1 heterocycles. The van der Waals surface area contributed by atoms with Crippen LogP contribution in [0.4, 0.5) is 0 Å². The lowest BCUT2D eigenvalue weighted by Crippen LogP contribution is -2.12. The Labute approximate surface area is 96.0 Å². The predicted molar refractivity (Wildman–Crippen MR) is 57.6 cm³/mol. The number of hydrogen-bond acceptors (Lipinski definition) is 3. The van der Waals surface area contributed by atoms with Gasteiger partial charge < -0.3 is 4.74 Å². The van der Waals surface area contributed by atoms with Crippen LogP contribution in [0.1, 0.15) is 25.7 Å². The van der Waals surface area contributed by atoms with Crippen molar-refractivity contribution in [1.82, 2.24) is 9.97 Å². The molecule has 0 bridgehead atoms. The van der Waals surface area contributed by atoms with Crippen LogP contribution in [0.25, 0.3) is 0 Å². The second kappa shape index (κ2) is 4.45. The van der Waals surface area contributed by atoms with Crippen LogP contribution in [0, 0.1) is 0 Å². The minimum Gasteiger partial charge on any atom is -0.473 e. The molecule has 1 aromatic rings. The van der Waals surface area contributed by atoms with Gasteiger partial charge in [-0.25, -0.2) is 4.98 Å². The number of rotatable bonds is 2. The summed E-state index contributed by atoms with van der Waals surface area (Å²) in [7, 11) is 0. The van der Waals surface area contributed by atoms with Crippen LogP contribution in [0.15, 0.2) is 10.7 Å². The van der Waals surface area contributed by atoms with Gasteiger partial charge in [-0.15, -0.1) is 0 Å². The van der Waals surface area contributed by atoms with E-state index in [0.29, 0.717) is 5.88 Å². The molecule has 14 heavy (non-hydrogen) atoms. The summed E-state index contributed by atoms with van der Waals surface area (Å²) in [4.78, 5) is 7.86. The van der Waals surface area contributed by atoms with Gasteiger partial charge >= 0.3 is 0 Å². The highest BCUT2D eigenvalue weighted by Gasteiger charge is 2.18. The molecule has 2 rings (SSSR count). The van der Waals surface area contributed by atoms with Gasteiger partial charge in [-0.1, -0.05) is 0 Å². The van der Waals surface area contributed by atoms with Crippen LogP contribution in [0.5, 0.6) is 5.88 Å². The lowest BCUT2D eigenvalue weighted by atomic mass is 10.3. The van der Waals surface area contributed by atoms with Gasteiger partial charge in [0.2, 0.25) is 11.2 Å². The Kier molecular flexibility index (Phi) is 3.23. The van der Waals surface area contributed by atoms with Crippen LogP contribution in [0.3, 0.4) is 0 Å². The fourth-order valence-corrected chi connectivity index (χ4v) is 1.99. The zero-order valence-electron chi connectivity index (χ0n) is 7.54. The highest BCUT2D eigenvalue weighted by atomic mass is 79.9. The third kappa shape index (κ3) is 2.36. The number of halogens is 2. The van der Waals surface area contributed by atoms with Gasteiger partial charge in [-0.05, 0) is 53.2 Å². The van der Waals surface area contributed by atoms with E-state index >= 15 is 0 Å². The molecule has 0 unspecified atom stereocenters. The molecule has 1 saturated carbocycles. The number of nitrogens with zero attached hydrogens (tertiary/aromatic N) is 2. The molecule has 76 valence electrons. The lowest BCUT2D eigenvalue weighted by Gasteiger charge is -2.12. The fourth-order valence-electron chi connectivity index (χ4n) is 1.58. The minimum absolute atomic E-state index is 0.223. The molecule has 0 aliphatic heterocycles. The van der Waals surface area contributed by atoms with Crippen molar-refractivity contribution >= 4 is 27.5 Å². The van der Waals surface area contributed by atoms with Crippen LogP contribution < -0.4 is 4.74 Å². The molecule has 1 aliphatic carbocycles. The fraction of sp³-hybridized carbons (Fsp3) is 0.556. The van der Waals surface area contributed by atoms with E-state index in [9.17, 15) is 0 Å². The number of ether oxygens (including phenoxy) is 1. The van der Waals surface area contributed by atoms with Gasteiger partial charge in [0.25, 0.3) is 0 Å². The van der Waals surface area contributed by atoms with Gasteiger partial charge in [0.05, 0.1) is 4.47 Å². The molecule has 0 saturated heterocycles. The monoisotopic (exact) mass is 276 g/mol. The van der Waals surface area contributed by atoms with E-state index in [2.05, 4.69) is 25.9 Å². The molecule has 1 aromatic heterocycles. The average Bonchev–Trinajstić information content (AvgIpc) is 2.64. The normalized spacial score (nSPS) is 17.3. The van der Waals surface area contributed by atoms with Gasteiger partial charge in [0.1, 0.15) is 6.10 Å². The molecular formula is C9H10BrClN2O. The summed E-state index contributed by atoms with van der Waals surface area (Å²) in [5.74, 6) is 0.553. The van der Waals surface area contributed by atoms with Crippen molar-refractivity contribution in [3.05, 3.63) is 16.0 Å². The minimum atomic E-state index is 0.223. The van der Waals surface area contributed by atoms with E-state index in [-0.39, 0.29) is 11.4 Å². The van der Waals surface area contributed by atoms with E-state index in [0.717, 1.165) is 17.3 Å². The Hall–Kier alpha value is -0.350. The van der Waals surface area contributed by atoms with Crippen LogP contribution in [0.2, 0.25) is 5.28 Å². The molecule has 0 aromatic carbocycles. The SMILES string of the molecule is Clc1ncc(Br)c(OC2CCCC2)n1. The second-order valence-electron chi connectivity index (χ2n) is 3.32. The molecule has 1 aliphatic rings. The molecule has 0 amide bonds. The first-order chi connectivity index (χ1) is 6.75. The molecule has 3 nitrogen and oxygen atoms in total. The topological polar surface area (TPSA) is 35.0 Å². The van der Waals surface area contributed by atoms with Crippen LogP contribution in [-0.4, -0.2) is 16.1 Å². The van der Waals surface area contributed by atoms with E-state index in [1.165, 1.54) is 12.8 Å². The first-order valence-electron chi connectivity index (χ1n) is 4.60. The van der Waals surface area contributed by atoms with Crippen molar-refractivity contribution in [2.45, 2.75) is 31.8 Å². The highest BCUT2D eigenvalue weighted by molar-refractivity contribution is 9.10. The Bertz CT molecular complexity index is 329. The molecule has 0 atom stereocenters. The molecule has 0 N–H and O–H groups in total. The third-order valence-corrected chi connectivity index (χ3v) is 2.99. The van der Waals surface area contributed by atoms with Gasteiger partial charge in [0, 0.05) is 6.20 Å². The summed E-state index contributed by atoms with van der Waals surface area (Å²) in [6, 6.07) is 0. The Morgan fingerprint density at radius 1 is 1.43 bits per heavy atom. The zero-order valence-corrected chi connectivity index (χ0v) is 9.88. The Morgan fingerprint density at radius 2 is 2.14 bits per heavy atom. The zero-order chi connectivity index (χ0) is 9.97. The van der Waals surface area contributed by atoms with Crippen LogP contribution in [-0.2, 0) is 0 Å². The van der Waals surface area contributed by atoms with Crippen molar-refractivity contribution in [2.75, 3.05) is 0 Å². The van der Waals surface area contributed by atoms with Crippen molar-refractivity contribution in [3.8, 4) is 5.88 Å². The van der Waals surface area contributed by atoms with E-state index in [1.54, 1.807) is 6.20 Å². The third-order valence-electron chi connectivity index (χ3n) is 2.26. The first-order valence-corrected chi connectivity index (χ1v) is 5.77. The summed E-state index contributed by atoms with van der Waals surface area (Å²) >= 11 is 9.01. The Balaban J connectivity index is 2.10. The average molecular weight is 278 g/mol. The maximum absolute atomic E-state index is 5.70. The van der Waals surface area contributed by atoms with E-state index < -0.39 is 0 Å². The van der Waals surface area contributed by atoms with Crippen molar-refractivity contribution in [3.63, 3.8) is 0 Å². The van der Waals surface area contributed by atoms with Gasteiger partial charge in [0.15, 0.2) is 0 Å². The maximum atomic E-state index is 5.70. The van der Waals surface area contributed by atoms with Crippen LogP contribution >= 0.6 is 27.5 Å². The molecule has 0 radical (unpaired) electrons. The number of aromatic nitrogens is 2. The first kappa shape index (κ1) is 10.2. The summed E-state index contributed by atoms with van der Waals surface area (Å²) in [6.07, 6.45) is 6.58. The van der Waals surface area contributed by atoms with Crippen molar-refractivity contribution < 1.29 is 4.74 Å². The quantitative estimate of drug-likeness (QED) is 0.779. The lowest BCUT2D eigenvalue weighted by molar-refractivity contribution is 0.199. The number of hydrogen-bond donors (Lipinski definition) is 0. The smallest absolute Gasteiger partial charge is 0.232 e. The van der Waals surface area contributed by atoms with Crippen molar-refractivity contribution in [2.24, 2.45) is 0 Å². The van der Waals surface area contributed by atoms with Gasteiger partial charge in [-0.3, -0.25) is 0 Å². The highest BCUT2D eigenvalue weighted by Crippen LogP contribution is 2.28. The van der Waals surface area contributed by atoms with Crippen molar-refractivity contribution in [1.29, 1.82) is 0 Å². The summed E-state index contributed by atoms with van der Waals surface area (Å²) in [6.45, 7) is 0. The summed E-state index contributed by atoms with van der Waals surface area (Å²) < 4.78 is 6.46. The summed E-state index contributed by atoms with van der Waals surface area (Å²) in [5, 5.41) is 0.223. The molecule has 1 fully saturated rings. The summed E-state index contributed by atoms with van der Waals surface area (Å²) in [5.41, 5.74) is 0. The maximum Gasteiger partial charge on any atom is 0.232 e. The van der Waals surface area contributed by atoms with E-state index in [4.69, 9.17) is 16.3 Å². The predicted octanol–water partition coefficient (Wildman–Crippen LogP) is 3.21. The second-order valence-corrected chi connectivity index (χ2v) is 4.51. The largest absolute Gasteiger partial charge is 0.473 e. The molecule has 0 spiro atoms. The molecular weight excluding hydrogens is 267 g/mol. The Morgan fingerprint density at radius 3 is 2.86 bits per heavy atom. The standard InChI is InChI=1S/C9H10BrClN2O/c10-7-5-12-9(11)13-8(7)14-6-3-1-2-4-6/h5-6H,1-4H2. The van der Waals surface area contributed by atoms with E-state index in [1.807, 2.05) is 0 Å².